The van der Waals surface area contributed by atoms with Crippen molar-refractivity contribution < 1.29 is 69.6 Å². The zero-order valence-electron chi connectivity index (χ0n) is 22.1. The van der Waals surface area contributed by atoms with Crippen LogP contribution in [-0.4, -0.2) is 54.2 Å². The van der Waals surface area contributed by atoms with E-state index in [1.54, 1.807) is 0 Å². The van der Waals surface area contributed by atoms with Crippen molar-refractivity contribution in [3.05, 3.63) is 101 Å². The van der Waals surface area contributed by atoms with Crippen molar-refractivity contribution in [2.75, 3.05) is 12.4 Å². The standard InChI is InChI=1S/C28H19F6NO9/c1-42-24(39)16-7-4-10-19(13-16)35-22(36)20(43-25(40)14-5-2-8-17(11-14)27(29,30)31)21(23(37)38)44-26(41)15-6-3-9-18(12-15)28(32,33)34/h2-13,20-21H,1H3,(H,35,36)(H,37,38)/t20-,21-/m1/s1. The van der Waals surface area contributed by atoms with Crippen LogP contribution >= 0.6 is 0 Å². The second kappa shape index (κ2) is 13.3. The molecule has 1 amide bonds. The van der Waals surface area contributed by atoms with Gasteiger partial charge in [-0.1, -0.05) is 18.2 Å². The summed E-state index contributed by atoms with van der Waals surface area (Å²) in [5, 5.41) is 11.9. The Balaban J connectivity index is 2.00. The summed E-state index contributed by atoms with van der Waals surface area (Å²) in [5.41, 5.74) is -4.44. The summed E-state index contributed by atoms with van der Waals surface area (Å²) in [5.74, 6) is -7.79. The highest BCUT2D eigenvalue weighted by Gasteiger charge is 2.42. The molecule has 2 atom stereocenters. The SMILES string of the molecule is COC(=O)c1cccc(NC(=O)[C@H](OC(=O)c2cccc(C(F)(F)F)c2)[C@@H](OC(=O)c2cccc(C(F)(F)F)c2)C(=O)O)c1. The average molecular weight is 627 g/mol. The fourth-order valence-corrected chi connectivity index (χ4v) is 3.56. The Bertz CT molecular complexity index is 1590. The van der Waals surface area contributed by atoms with Crippen LogP contribution in [0.15, 0.2) is 72.8 Å². The van der Waals surface area contributed by atoms with E-state index in [2.05, 4.69) is 10.1 Å². The molecule has 3 aromatic carbocycles. The monoisotopic (exact) mass is 627 g/mol. The Morgan fingerprint density at radius 3 is 1.52 bits per heavy atom. The molecule has 0 aromatic heterocycles. The quantitative estimate of drug-likeness (QED) is 0.191. The van der Waals surface area contributed by atoms with E-state index in [0.717, 1.165) is 37.4 Å². The van der Waals surface area contributed by atoms with E-state index in [1.165, 1.54) is 18.2 Å². The normalized spacial score (nSPS) is 12.8. The van der Waals surface area contributed by atoms with Crippen LogP contribution in [-0.2, 0) is 36.2 Å². The summed E-state index contributed by atoms with van der Waals surface area (Å²) in [6.45, 7) is 0. The van der Waals surface area contributed by atoms with Crippen molar-refractivity contribution in [1.82, 2.24) is 0 Å². The number of hydrogen-bond donors (Lipinski definition) is 2. The number of anilines is 1. The van der Waals surface area contributed by atoms with Crippen LogP contribution in [0.3, 0.4) is 0 Å². The van der Waals surface area contributed by atoms with Crippen LogP contribution < -0.4 is 5.32 Å². The first kappa shape index (κ1) is 33.1. The topological polar surface area (TPSA) is 145 Å². The molecular formula is C28H19F6NO9. The zero-order chi connectivity index (χ0) is 32.8. The zero-order valence-corrected chi connectivity index (χ0v) is 22.1. The minimum atomic E-state index is -4.90. The summed E-state index contributed by atoms with van der Waals surface area (Å²) in [6.07, 6.45) is -15.1. The lowest BCUT2D eigenvalue weighted by Gasteiger charge is -2.24. The molecule has 2 N–H and O–H groups in total. The van der Waals surface area contributed by atoms with Gasteiger partial charge in [-0.3, -0.25) is 4.79 Å². The van der Waals surface area contributed by atoms with Crippen LogP contribution in [0.25, 0.3) is 0 Å². The second-order valence-electron chi connectivity index (χ2n) is 8.71. The van der Waals surface area contributed by atoms with E-state index in [9.17, 15) is 55.4 Å². The number of nitrogens with one attached hydrogen (secondary N) is 1. The number of alkyl halides is 6. The second-order valence-corrected chi connectivity index (χ2v) is 8.71. The van der Waals surface area contributed by atoms with Gasteiger partial charge in [0.2, 0.25) is 12.2 Å². The highest BCUT2D eigenvalue weighted by molar-refractivity contribution is 6.02. The molecule has 16 heteroatoms. The molecule has 0 fully saturated rings. The van der Waals surface area contributed by atoms with Gasteiger partial charge in [-0.15, -0.1) is 0 Å². The third-order valence-corrected chi connectivity index (χ3v) is 5.65. The molecule has 0 aliphatic rings. The summed E-state index contributed by atoms with van der Waals surface area (Å²) in [7, 11) is 1.06. The number of ether oxygens (including phenoxy) is 3. The lowest BCUT2D eigenvalue weighted by Crippen LogP contribution is -2.48. The molecule has 0 saturated carbocycles. The van der Waals surface area contributed by atoms with Gasteiger partial charge >= 0.3 is 36.2 Å². The number of benzene rings is 3. The molecule has 0 unspecified atom stereocenters. The van der Waals surface area contributed by atoms with Crippen molar-refractivity contribution >= 4 is 35.5 Å². The average Bonchev–Trinajstić information content (AvgIpc) is 2.97. The number of halogens is 6. The predicted octanol–water partition coefficient (Wildman–Crippen LogP) is 4.99. The Morgan fingerprint density at radius 1 is 0.659 bits per heavy atom. The highest BCUT2D eigenvalue weighted by atomic mass is 19.4. The van der Waals surface area contributed by atoms with E-state index >= 15 is 0 Å². The molecule has 3 aromatic rings. The van der Waals surface area contributed by atoms with Gasteiger partial charge in [0.1, 0.15) is 0 Å². The summed E-state index contributed by atoms with van der Waals surface area (Å²) in [6, 6.07) is 10.1. The Hall–Kier alpha value is -5.41. The fourth-order valence-electron chi connectivity index (χ4n) is 3.56. The summed E-state index contributed by atoms with van der Waals surface area (Å²) in [4.78, 5) is 62.7. The van der Waals surface area contributed by atoms with Crippen LogP contribution in [0.5, 0.6) is 0 Å². The van der Waals surface area contributed by atoms with Crippen molar-refractivity contribution in [2.45, 2.75) is 24.6 Å². The Kier molecular flexibility index (Phi) is 9.98. The Labute approximate surface area is 243 Å². The Morgan fingerprint density at radius 2 is 1.09 bits per heavy atom. The predicted molar refractivity (Wildman–Crippen MR) is 135 cm³/mol. The first-order chi connectivity index (χ1) is 20.5. The molecule has 3 rings (SSSR count). The van der Waals surface area contributed by atoms with E-state index in [1.807, 2.05) is 0 Å². The first-order valence-electron chi connectivity index (χ1n) is 12.0. The number of esters is 3. The number of aliphatic carboxylic acids is 1. The van der Waals surface area contributed by atoms with E-state index in [-0.39, 0.29) is 11.3 Å². The van der Waals surface area contributed by atoms with Crippen molar-refractivity contribution in [1.29, 1.82) is 0 Å². The molecule has 0 spiro atoms. The number of carbonyl (C=O) groups excluding carboxylic acids is 4. The van der Waals surface area contributed by atoms with Crippen molar-refractivity contribution in [3.8, 4) is 0 Å². The smallest absolute Gasteiger partial charge is 0.416 e. The molecule has 44 heavy (non-hydrogen) atoms. The van der Waals surface area contributed by atoms with Gasteiger partial charge < -0.3 is 24.6 Å². The van der Waals surface area contributed by atoms with Gasteiger partial charge in [0.05, 0.1) is 34.9 Å². The first-order valence-corrected chi connectivity index (χ1v) is 12.0. The van der Waals surface area contributed by atoms with E-state index < -0.39 is 76.6 Å². The molecule has 0 saturated heterocycles. The number of carbonyl (C=O) groups is 5. The maximum atomic E-state index is 13.2. The highest BCUT2D eigenvalue weighted by Crippen LogP contribution is 2.31. The number of carboxylic acids is 1. The van der Waals surface area contributed by atoms with Gasteiger partial charge in [-0.2, -0.15) is 26.3 Å². The summed E-state index contributed by atoms with van der Waals surface area (Å²) >= 11 is 0. The fraction of sp³-hybridized carbons (Fsp3) is 0.179. The maximum absolute atomic E-state index is 13.2. The van der Waals surface area contributed by atoms with Crippen LogP contribution in [0.4, 0.5) is 32.0 Å². The van der Waals surface area contributed by atoms with Gasteiger partial charge in [-0.05, 0) is 54.6 Å². The number of hydrogen-bond acceptors (Lipinski definition) is 8. The van der Waals surface area contributed by atoms with E-state index in [0.29, 0.717) is 24.3 Å². The maximum Gasteiger partial charge on any atom is 0.416 e. The van der Waals surface area contributed by atoms with Crippen LogP contribution in [0.2, 0.25) is 0 Å². The molecule has 232 valence electrons. The minimum absolute atomic E-state index is 0.0893. The largest absolute Gasteiger partial charge is 0.478 e. The number of amides is 1. The summed E-state index contributed by atoms with van der Waals surface area (Å²) < 4.78 is 93.1. The van der Waals surface area contributed by atoms with E-state index in [4.69, 9.17) is 9.47 Å². The van der Waals surface area contributed by atoms with Crippen LogP contribution in [0.1, 0.15) is 42.2 Å². The molecule has 0 radical (unpaired) electrons. The van der Waals surface area contributed by atoms with Gasteiger partial charge in [0.25, 0.3) is 5.91 Å². The number of rotatable bonds is 9. The lowest BCUT2D eigenvalue weighted by atomic mass is 10.1. The van der Waals surface area contributed by atoms with Gasteiger partial charge in [0.15, 0.2) is 0 Å². The van der Waals surface area contributed by atoms with Crippen LogP contribution in [0, 0.1) is 0 Å². The third kappa shape index (κ3) is 8.33. The molecule has 10 nitrogen and oxygen atoms in total. The minimum Gasteiger partial charge on any atom is -0.478 e. The molecular weight excluding hydrogens is 608 g/mol. The molecule has 0 bridgehead atoms. The lowest BCUT2D eigenvalue weighted by molar-refractivity contribution is -0.157. The van der Waals surface area contributed by atoms with Gasteiger partial charge in [-0.25, -0.2) is 19.2 Å². The third-order valence-electron chi connectivity index (χ3n) is 5.65. The molecule has 0 aliphatic carbocycles. The molecule has 0 heterocycles. The van der Waals surface area contributed by atoms with Gasteiger partial charge in [0, 0.05) is 5.69 Å². The molecule has 0 aliphatic heterocycles. The number of carboxylic acid groups (broad SMARTS) is 1. The number of methoxy groups -OCH3 is 1. The van der Waals surface area contributed by atoms with Crippen molar-refractivity contribution in [3.63, 3.8) is 0 Å². The van der Waals surface area contributed by atoms with Crippen molar-refractivity contribution in [2.24, 2.45) is 0 Å².